The summed E-state index contributed by atoms with van der Waals surface area (Å²) in [4.78, 5) is 79.0. The van der Waals surface area contributed by atoms with E-state index in [1.165, 1.54) is 76.2 Å². The summed E-state index contributed by atoms with van der Waals surface area (Å²) in [6.45, 7) is 2.97. The molecule has 4 amide bonds. The number of rotatable bonds is 19. The van der Waals surface area contributed by atoms with E-state index in [1.807, 2.05) is 4.72 Å². The summed E-state index contributed by atoms with van der Waals surface area (Å²) in [7, 11) is -3.52. The van der Waals surface area contributed by atoms with Gasteiger partial charge in [-0.1, -0.05) is 44.2 Å². The number of aryl methyl sites for hydroxylation is 1. The molecule has 396 valence electrons. The van der Waals surface area contributed by atoms with Crippen LogP contribution in [-0.4, -0.2) is 144 Å². The highest BCUT2D eigenvalue weighted by Gasteiger charge is 2.38. The van der Waals surface area contributed by atoms with Crippen LogP contribution in [0.3, 0.4) is 0 Å². The van der Waals surface area contributed by atoms with Gasteiger partial charge in [-0.25, -0.2) is 28.7 Å². The number of nitrogens with two attached hydrogens (primary N) is 4. The molecule has 3 aromatic carbocycles. The maximum atomic E-state index is 14.8. The van der Waals surface area contributed by atoms with Crippen LogP contribution in [0, 0.1) is 12.8 Å². The van der Waals surface area contributed by atoms with Crippen molar-refractivity contribution in [2.24, 2.45) is 22.5 Å². The SMILES string of the molecule is Cc1nc(-c2ccc(C(F)(F)C(C)C)cc2)nc(N)c1C(=O)NC(CNS(N)(=O)=O)C(=O)N(C)[C@@H]1C(=O)N[C@@H](C)C(=O)N[C@H](C(=O)O)Cc2ccc(OCC(O)CN)c(c2)-c2cc1cc(OCC(O)CN)c2O. The summed E-state index contributed by atoms with van der Waals surface area (Å²) in [6, 6.07) is 4.77. The van der Waals surface area contributed by atoms with E-state index in [0.29, 0.717) is 0 Å². The van der Waals surface area contributed by atoms with Crippen LogP contribution in [0.5, 0.6) is 17.2 Å². The maximum Gasteiger partial charge on any atom is 0.326 e. The second-order valence-electron chi connectivity index (χ2n) is 17.5. The monoisotopic (exact) mass is 1040 g/mol. The van der Waals surface area contributed by atoms with Gasteiger partial charge >= 0.3 is 5.97 Å². The number of phenolic OH excluding ortho intramolecular Hbond substituents is 1. The first-order valence-corrected chi connectivity index (χ1v) is 24.0. The largest absolute Gasteiger partial charge is 0.504 e. The predicted molar refractivity (Wildman–Crippen MR) is 259 cm³/mol. The molecule has 0 fully saturated rings. The Morgan fingerprint density at radius 2 is 1.55 bits per heavy atom. The van der Waals surface area contributed by atoms with E-state index in [4.69, 9.17) is 31.8 Å². The molecule has 16 N–H and O–H groups in total. The van der Waals surface area contributed by atoms with E-state index in [-0.39, 0.29) is 82.3 Å². The fourth-order valence-electron chi connectivity index (χ4n) is 7.47. The molecule has 1 aliphatic rings. The molecule has 27 heteroatoms. The van der Waals surface area contributed by atoms with Crippen molar-refractivity contribution < 1.29 is 71.1 Å². The predicted octanol–water partition coefficient (Wildman–Crippen LogP) is -0.727. The van der Waals surface area contributed by atoms with Crippen molar-refractivity contribution in [3.63, 3.8) is 0 Å². The zero-order valence-electron chi connectivity index (χ0n) is 40.3. The van der Waals surface area contributed by atoms with E-state index in [2.05, 4.69) is 25.9 Å². The minimum atomic E-state index is -4.59. The normalized spacial score (nSPS) is 17.6. The number of anilines is 1. The first-order valence-electron chi connectivity index (χ1n) is 22.5. The van der Waals surface area contributed by atoms with Crippen molar-refractivity contribution in [3.05, 3.63) is 82.5 Å². The molecule has 5 rings (SSSR count). The van der Waals surface area contributed by atoms with Gasteiger partial charge in [-0.05, 0) is 49.2 Å². The van der Waals surface area contributed by atoms with Gasteiger partial charge in [0.2, 0.25) is 17.7 Å². The summed E-state index contributed by atoms with van der Waals surface area (Å²) >= 11 is 0. The number of phenols is 1. The van der Waals surface area contributed by atoms with Crippen LogP contribution < -0.4 is 52.5 Å². The smallest absolute Gasteiger partial charge is 0.326 e. The molecule has 3 unspecified atom stereocenters. The molecule has 2 heterocycles. The number of ether oxygens (including phenoxy) is 2. The second kappa shape index (κ2) is 23.6. The van der Waals surface area contributed by atoms with Crippen LogP contribution in [-0.2, 0) is 41.7 Å². The third-order valence-corrected chi connectivity index (χ3v) is 12.2. The van der Waals surface area contributed by atoms with Crippen LogP contribution in [0.25, 0.3) is 22.5 Å². The number of halogens is 2. The number of fused-ring (bicyclic) bond motifs is 5. The highest BCUT2D eigenvalue weighted by Crippen LogP contribution is 2.45. The van der Waals surface area contributed by atoms with E-state index < -0.39 is 118 Å². The number of aliphatic carboxylic acids is 1. The number of carbonyl (C=O) groups excluding carboxylic acids is 4. The number of carbonyl (C=O) groups is 5. The average Bonchev–Trinajstić information content (AvgIpc) is 3.33. The standard InChI is InChI=1S/C46H59F2N11O13S/c1-21(2)46(47,48)27-9-7-25(8-10-27)40-54-22(3)36(39(51)58-40)42(64)57-33(18-53-73(52,69)70)44(66)59(5)37-26-14-31(38(62)35(15-26)72-20-29(61)17-50)30-12-24(6-11-34(30)71-19-28(60)16-49)13-32(45(67)68)56-41(63)23(4)55-43(37)65/h6-12,14-15,21,23,28-29,32-33,37,53,60-62H,13,16-20,49-50H2,1-5H3,(H,55,65)(H,56,63)(H,57,64)(H,67,68)(H2,51,54,58)(H2,52,69,70)/t23-,28?,29?,32-,33?,37-/m0/s1. The molecule has 0 saturated heterocycles. The highest BCUT2D eigenvalue weighted by atomic mass is 32.2. The molecule has 6 atom stereocenters. The van der Waals surface area contributed by atoms with Gasteiger partial charge in [0.15, 0.2) is 17.3 Å². The Morgan fingerprint density at radius 1 is 0.932 bits per heavy atom. The lowest BCUT2D eigenvalue weighted by Gasteiger charge is -2.33. The van der Waals surface area contributed by atoms with Crippen molar-refractivity contribution in [2.75, 3.05) is 45.6 Å². The fourth-order valence-corrected chi connectivity index (χ4v) is 7.87. The fraction of sp³-hybridized carbons (Fsp3) is 0.413. The van der Waals surface area contributed by atoms with Crippen molar-refractivity contribution in [1.29, 1.82) is 0 Å². The Morgan fingerprint density at radius 3 is 2.11 bits per heavy atom. The first kappa shape index (κ1) is 56.8. The number of amides is 4. The molecular weight excluding hydrogens is 985 g/mol. The van der Waals surface area contributed by atoms with Gasteiger partial charge in [-0.3, -0.25) is 19.2 Å². The second-order valence-corrected chi connectivity index (χ2v) is 18.9. The Balaban J connectivity index is 1.65. The Kier molecular flexibility index (Phi) is 18.4. The Hall–Kier alpha value is -7.14. The summed E-state index contributed by atoms with van der Waals surface area (Å²) < 4.78 is 67.6. The van der Waals surface area contributed by atoms with E-state index in [9.17, 15) is 61.6 Å². The zero-order chi connectivity index (χ0) is 54.3. The summed E-state index contributed by atoms with van der Waals surface area (Å²) in [5, 5.41) is 55.1. The number of nitrogens with zero attached hydrogens (tertiary/aromatic N) is 3. The van der Waals surface area contributed by atoms with Crippen LogP contribution in [0.1, 0.15) is 59.6 Å². The minimum Gasteiger partial charge on any atom is -0.504 e. The lowest BCUT2D eigenvalue weighted by molar-refractivity contribution is -0.143. The topological polar surface area (TPSA) is 400 Å². The van der Waals surface area contributed by atoms with Gasteiger partial charge in [-0.15, -0.1) is 0 Å². The third-order valence-electron chi connectivity index (χ3n) is 11.6. The van der Waals surface area contributed by atoms with E-state index >= 15 is 0 Å². The highest BCUT2D eigenvalue weighted by molar-refractivity contribution is 7.87. The maximum absolute atomic E-state index is 14.8. The molecule has 4 bridgehead atoms. The van der Waals surface area contributed by atoms with Gasteiger partial charge in [0, 0.05) is 61.3 Å². The number of hydrogen-bond donors (Lipinski definition) is 12. The Labute approximate surface area is 418 Å². The molecule has 1 aliphatic heterocycles. The van der Waals surface area contributed by atoms with Gasteiger partial charge in [0.1, 0.15) is 66.7 Å². The van der Waals surface area contributed by atoms with Crippen LogP contribution in [0.2, 0.25) is 0 Å². The molecule has 0 saturated carbocycles. The number of aromatic nitrogens is 2. The molecular formula is C46H59F2N11O13S. The quantitative estimate of drug-likeness (QED) is 0.0551. The van der Waals surface area contributed by atoms with Crippen molar-refractivity contribution in [1.82, 2.24) is 35.5 Å². The van der Waals surface area contributed by atoms with Crippen LogP contribution >= 0.6 is 0 Å². The van der Waals surface area contributed by atoms with Crippen molar-refractivity contribution in [3.8, 4) is 39.8 Å². The number of likely N-dealkylation sites (N-methyl/N-ethyl adjacent to an activating group) is 1. The van der Waals surface area contributed by atoms with Crippen molar-refractivity contribution >= 4 is 45.6 Å². The van der Waals surface area contributed by atoms with Crippen LogP contribution in [0.4, 0.5) is 14.6 Å². The number of carboxylic acids is 1. The van der Waals surface area contributed by atoms with Gasteiger partial charge in [-0.2, -0.15) is 13.1 Å². The molecule has 0 spiro atoms. The summed E-state index contributed by atoms with van der Waals surface area (Å²) in [5.74, 6) is -11.6. The summed E-state index contributed by atoms with van der Waals surface area (Å²) in [5.41, 5.74) is 17.0. The van der Waals surface area contributed by atoms with E-state index in [0.717, 1.165) is 18.0 Å². The third kappa shape index (κ3) is 13.9. The molecule has 24 nitrogen and oxygen atoms in total. The number of aromatic hydroxyl groups is 1. The number of alkyl halides is 2. The van der Waals surface area contributed by atoms with Gasteiger partial charge in [0.25, 0.3) is 22.0 Å². The number of nitrogens with one attached hydrogen (secondary N) is 4. The average molecular weight is 1040 g/mol. The molecule has 1 aromatic heterocycles. The van der Waals surface area contributed by atoms with Gasteiger partial charge < -0.3 is 68.0 Å². The number of aliphatic hydroxyl groups excluding tert-OH is 2. The number of nitrogen functional groups attached to an aromatic ring is 1. The van der Waals surface area contributed by atoms with Crippen LogP contribution in [0.15, 0.2) is 54.6 Å². The number of carboxylic acid groups (broad SMARTS) is 1. The number of benzene rings is 3. The van der Waals surface area contributed by atoms with E-state index in [1.54, 1.807) is 0 Å². The number of aliphatic hydroxyl groups is 2. The lowest BCUT2D eigenvalue weighted by atomic mass is 9.93. The van der Waals surface area contributed by atoms with Crippen molar-refractivity contribution in [2.45, 2.75) is 76.4 Å². The minimum absolute atomic E-state index is 0.00713. The first-order chi connectivity index (χ1) is 34.2. The lowest BCUT2D eigenvalue weighted by Crippen LogP contribution is -2.57. The zero-order valence-corrected chi connectivity index (χ0v) is 41.1. The number of hydrogen-bond acceptors (Lipinski definition) is 17. The molecule has 0 aliphatic carbocycles. The molecule has 0 radical (unpaired) electrons. The molecule has 4 aromatic rings. The summed E-state index contributed by atoms with van der Waals surface area (Å²) in [6.07, 6.45) is -2.79. The molecule has 73 heavy (non-hydrogen) atoms. The van der Waals surface area contributed by atoms with Gasteiger partial charge in [0.05, 0.1) is 5.69 Å². The Bertz CT molecular complexity index is 2800.